The molecule has 0 bridgehead atoms. The van der Waals surface area contributed by atoms with Crippen molar-refractivity contribution in [3.63, 3.8) is 0 Å². The Morgan fingerprint density at radius 1 is 1.43 bits per heavy atom. The predicted octanol–water partition coefficient (Wildman–Crippen LogP) is 4.54. The minimum Gasteiger partial charge on any atom is -0.481 e. The summed E-state index contributed by atoms with van der Waals surface area (Å²) in [6.07, 6.45) is 3.20. The normalized spacial score (nSPS) is 20.7. The molecular formula is C18H22BrNO3. The minimum atomic E-state index is -0.776. The van der Waals surface area contributed by atoms with Gasteiger partial charge >= 0.3 is 5.97 Å². The quantitative estimate of drug-likeness (QED) is 0.801. The first-order valence-corrected chi connectivity index (χ1v) is 8.99. The van der Waals surface area contributed by atoms with E-state index in [1.807, 2.05) is 0 Å². The number of benzene rings is 1. The summed E-state index contributed by atoms with van der Waals surface area (Å²) in [6.45, 7) is 4.86. The Labute approximate surface area is 144 Å². The highest BCUT2D eigenvalue weighted by Gasteiger charge is 2.39. The Balaban J connectivity index is 2.18. The van der Waals surface area contributed by atoms with Gasteiger partial charge in [-0.05, 0) is 48.9 Å². The van der Waals surface area contributed by atoms with E-state index in [1.54, 1.807) is 0 Å². The van der Waals surface area contributed by atoms with Gasteiger partial charge in [0, 0.05) is 21.8 Å². The summed E-state index contributed by atoms with van der Waals surface area (Å²) in [5, 5.41) is 10.3. The Kier molecular flexibility index (Phi) is 4.52. The fourth-order valence-electron chi connectivity index (χ4n) is 3.69. The number of carbonyl (C=O) groups is 1. The molecular weight excluding hydrogens is 358 g/mol. The van der Waals surface area contributed by atoms with Crippen LogP contribution in [0.1, 0.15) is 49.9 Å². The molecule has 0 fully saturated rings. The fourth-order valence-corrected chi connectivity index (χ4v) is 4.20. The van der Waals surface area contributed by atoms with E-state index >= 15 is 0 Å². The van der Waals surface area contributed by atoms with Gasteiger partial charge in [0.25, 0.3) is 0 Å². The van der Waals surface area contributed by atoms with Crippen LogP contribution in [0.4, 0.5) is 0 Å². The standard InChI is InChI=1S/C18H22BrNO3/c1-3-11-9-12(19)10-14-13-6-8-23-18(4-2,7-5-15(21)22)17(13)20-16(11)14/h9-10,20H,3-8H2,1-2H3,(H,21,22). The van der Waals surface area contributed by atoms with E-state index in [2.05, 4.69) is 46.9 Å². The molecule has 1 aliphatic rings. The molecule has 4 nitrogen and oxygen atoms in total. The molecule has 0 saturated heterocycles. The van der Waals surface area contributed by atoms with E-state index < -0.39 is 11.6 Å². The zero-order chi connectivity index (χ0) is 16.6. The smallest absolute Gasteiger partial charge is 0.303 e. The van der Waals surface area contributed by atoms with Crippen LogP contribution in [0.3, 0.4) is 0 Å². The van der Waals surface area contributed by atoms with Crippen LogP contribution in [0.15, 0.2) is 16.6 Å². The molecule has 0 radical (unpaired) electrons. The van der Waals surface area contributed by atoms with Gasteiger partial charge in [0.2, 0.25) is 0 Å². The Bertz CT molecular complexity index is 752. The number of halogens is 1. The summed E-state index contributed by atoms with van der Waals surface area (Å²) in [4.78, 5) is 14.6. The van der Waals surface area contributed by atoms with Crippen LogP contribution in [0.25, 0.3) is 10.9 Å². The third-order valence-corrected chi connectivity index (χ3v) is 5.40. The van der Waals surface area contributed by atoms with Gasteiger partial charge in [-0.2, -0.15) is 0 Å². The average Bonchev–Trinajstić information content (AvgIpc) is 2.91. The van der Waals surface area contributed by atoms with Crippen molar-refractivity contribution in [2.24, 2.45) is 0 Å². The number of hydrogen-bond donors (Lipinski definition) is 2. The van der Waals surface area contributed by atoms with Crippen LogP contribution >= 0.6 is 15.9 Å². The lowest BCUT2D eigenvalue weighted by Crippen LogP contribution is -2.35. The van der Waals surface area contributed by atoms with Crippen molar-refractivity contribution in [1.82, 2.24) is 4.98 Å². The van der Waals surface area contributed by atoms with Gasteiger partial charge in [0.1, 0.15) is 5.60 Å². The van der Waals surface area contributed by atoms with Crippen molar-refractivity contribution in [2.45, 2.75) is 51.6 Å². The maximum absolute atomic E-state index is 11.1. The lowest BCUT2D eigenvalue weighted by atomic mass is 9.85. The number of carboxylic acids is 1. The van der Waals surface area contributed by atoms with Gasteiger partial charge in [-0.25, -0.2) is 0 Å². The van der Waals surface area contributed by atoms with Gasteiger partial charge < -0.3 is 14.8 Å². The van der Waals surface area contributed by atoms with E-state index in [-0.39, 0.29) is 6.42 Å². The SMILES string of the molecule is CCc1cc(Br)cc2c3c([nH]c12)C(CC)(CCC(=O)O)OCC3. The molecule has 0 amide bonds. The van der Waals surface area contributed by atoms with Gasteiger partial charge in [-0.1, -0.05) is 29.8 Å². The number of fused-ring (bicyclic) bond motifs is 3. The summed E-state index contributed by atoms with van der Waals surface area (Å²) < 4.78 is 7.20. The first kappa shape index (κ1) is 16.5. The summed E-state index contributed by atoms with van der Waals surface area (Å²) in [5.41, 5.74) is 4.29. The van der Waals surface area contributed by atoms with E-state index in [1.165, 1.54) is 22.0 Å². The van der Waals surface area contributed by atoms with Crippen molar-refractivity contribution < 1.29 is 14.6 Å². The molecule has 124 valence electrons. The highest BCUT2D eigenvalue weighted by Crippen LogP contribution is 2.43. The largest absolute Gasteiger partial charge is 0.481 e. The second kappa shape index (κ2) is 6.29. The minimum absolute atomic E-state index is 0.118. The van der Waals surface area contributed by atoms with Gasteiger partial charge in [0.15, 0.2) is 0 Å². The van der Waals surface area contributed by atoms with Gasteiger partial charge in [0.05, 0.1) is 12.3 Å². The Hall–Kier alpha value is -1.33. The number of H-pyrrole nitrogens is 1. The monoisotopic (exact) mass is 379 g/mol. The number of aromatic amines is 1. The van der Waals surface area contributed by atoms with Gasteiger partial charge in [-0.3, -0.25) is 4.79 Å². The third-order valence-electron chi connectivity index (χ3n) is 4.94. The van der Waals surface area contributed by atoms with Crippen LogP contribution < -0.4 is 0 Å². The van der Waals surface area contributed by atoms with Crippen molar-refractivity contribution >= 4 is 32.8 Å². The molecule has 3 rings (SSSR count). The summed E-state index contributed by atoms with van der Waals surface area (Å²) in [7, 11) is 0. The molecule has 1 aromatic heterocycles. The molecule has 1 atom stereocenters. The molecule has 5 heteroatoms. The summed E-state index contributed by atoms with van der Waals surface area (Å²) >= 11 is 3.61. The second-order valence-electron chi connectivity index (χ2n) is 6.16. The first-order chi connectivity index (χ1) is 11.0. The summed E-state index contributed by atoms with van der Waals surface area (Å²) in [5.74, 6) is -0.776. The van der Waals surface area contributed by atoms with Crippen LogP contribution in [-0.2, 0) is 28.0 Å². The van der Waals surface area contributed by atoms with Crippen LogP contribution in [0.5, 0.6) is 0 Å². The van der Waals surface area contributed by atoms with Crippen LogP contribution in [-0.4, -0.2) is 22.7 Å². The molecule has 1 unspecified atom stereocenters. The van der Waals surface area contributed by atoms with Gasteiger partial charge in [-0.15, -0.1) is 0 Å². The molecule has 1 aromatic carbocycles. The predicted molar refractivity (Wildman–Crippen MR) is 93.9 cm³/mol. The number of hydrogen-bond acceptors (Lipinski definition) is 2. The summed E-state index contributed by atoms with van der Waals surface area (Å²) in [6, 6.07) is 4.31. The highest BCUT2D eigenvalue weighted by molar-refractivity contribution is 9.10. The van der Waals surface area contributed by atoms with Crippen LogP contribution in [0, 0.1) is 0 Å². The lowest BCUT2D eigenvalue weighted by molar-refractivity contribution is -0.140. The first-order valence-electron chi connectivity index (χ1n) is 8.20. The van der Waals surface area contributed by atoms with E-state index in [4.69, 9.17) is 9.84 Å². The highest BCUT2D eigenvalue weighted by atomic mass is 79.9. The topological polar surface area (TPSA) is 62.3 Å². The van der Waals surface area contributed by atoms with E-state index in [0.29, 0.717) is 13.0 Å². The number of ether oxygens (including phenoxy) is 1. The molecule has 0 saturated carbocycles. The second-order valence-corrected chi connectivity index (χ2v) is 7.08. The number of carboxylic acid groups (broad SMARTS) is 1. The average molecular weight is 380 g/mol. The molecule has 2 aromatic rings. The number of nitrogens with one attached hydrogen (secondary N) is 1. The zero-order valence-electron chi connectivity index (χ0n) is 13.5. The molecule has 2 heterocycles. The number of aryl methyl sites for hydroxylation is 1. The van der Waals surface area contributed by atoms with Crippen molar-refractivity contribution in [3.05, 3.63) is 33.4 Å². The van der Waals surface area contributed by atoms with E-state index in [0.717, 1.165) is 29.4 Å². The number of rotatable bonds is 5. The maximum atomic E-state index is 11.1. The van der Waals surface area contributed by atoms with Crippen molar-refractivity contribution in [2.75, 3.05) is 6.61 Å². The Morgan fingerprint density at radius 3 is 2.87 bits per heavy atom. The number of aliphatic carboxylic acids is 1. The van der Waals surface area contributed by atoms with Crippen molar-refractivity contribution in [3.8, 4) is 0 Å². The van der Waals surface area contributed by atoms with E-state index in [9.17, 15) is 4.79 Å². The third kappa shape index (κ3) is 2.81. The molecule has 1 aliphatic heterocycles. The molecule has 2 N–H and O–H groups in total. The maximum Gasteiger partial charge on any atom is 0.303 e. The fraction of sp³-hybridized carbons (Fsp3) is 0.500. The zero-order valence-corrected chi connectivity index (χ0v) is 15.1. The van der Waals surface area contributed by atoms with Crippen molar-refractivity contribution in [1.29, 1.82) is 0 Å². The lowest BCUT2D eigenvalue weighted by Gasteiger charge is -2.36. The molecule has 0 spiro atoms. The molecule has 23 heavy (non-hydrogen) atoms. The van der Waals surface area contributed by atoms with Crippen LogP contribution in [0.2, 0.25) is 0 Å². The Morgan fingerprint density at radius 2 is 2.22 bits per heavy atom. The molecule has 0 aliphatic carbocycles. The number of aromatic nitrogens is 1.